The van der Waals surface area contributed by atoms with Crippen molar-refractivity contribution < 1.29 is 14.7 Å². The number of hydrogen-bond donors (Lipinski definition) is 2. The van der Waals surface area contributed by atoms with Crippen molar-refractivity contribution in [3.05, 3.63) is 0 Å². The van der Waals surface area contributed by atoms with Crippen LogP contribution in [0.4, 0.5) is 0 Å². The van der Waals surface area contributed by atoms with E-state index in [9.17, 15) is 4.79 Å². The largest absolute Gasteiger partial charge is 0.460 e. The van der Waals surface area contributed by atoms with Gasteiger partial charge in [-0.2, -0.15) is 0 Å². The van der Waals surface area contributed by atoms with Gasteiger partial charge in [-0.05, 0) is 32.6 Å². The molecule has 0 saturated heterocycles. The van der Waals surface area contributed by atoms with Crippen molar-refractivity contribution in [1.82, 2.24) is 0 Å². The van der Waals surface area contributed by atoms with Crippen molar-refractivity contribution in [2.24, 2.45) is 22.7 Å². The van der Waals surface area contributed by atoms with E-state index < -0.39 is 5.60 Å². The average Bonchev–Trinajstić information content (AvgIpc) is 2.13. The highest BCUT2D eigenvalue weighted by Gasteiger charge is 2.23. The summed E-state index contributed by atoms with van der Waals surface area (Å²) < 4.78 is 5.25. The Balaban J connectivity index is 4.41. The first-order valence-electron chi connectivity index (χ1n) is 5.84. The van der Waals surface area contributed by atoms with E-state index in [-0.39, 0.29) is 30.1 Å². The second-order valence-electron chi connectivity index (χ2n) is 5.59. The molecular weight excluding hydrogens is 220 g/mol. The van der Waals surface area contributed by atoms with E-state index >= 15 is 0 Å². The standard InChI is InChI=1S/C12H24N2O3/c1-8(2)9(6-10(13)14-16)7-11(15)17-12(3,4)5/h8-9,16H,6-7H2,1-5H3,(H2,13,14)/t9-/m1/s1. The highest BCUT2D eigenvalue weighted by molar-refractivity contribution is 5.80. The van der Waals surface area contributed by atoms with E-state index in [2.05, 4.69) is 5.16 Å². The van der Waals surface area contributed by atoms with Gasteiger partial charge in [0, 0.05) is 12.8 Å². The highest BCUT2D eigenvalue weighted by Crippen LogP contribution is 2.21. The molecule has 5 nitrogen and oxygen atoms in total. The molecule has 0 radical (unpaired) electrons. The molecule has 0 amide bonds. The quantitative estimate of drug-likeness (QED) is 0.255. The summed E-state index contributed by atoms with van der Waals surface area (Å²) in [5, 5.41) is 11.5. The van der Waals surface area contributed by atoms with Crippen molar-refractivity contribution in [3.63, 3.8) is 0 Å². The number of amidine groups is 1. The monoisotopic (exact) mass is 244 g/mol. The third kappa shape index (κ3) is 7.60. The molecular formula is C12H24N2O3. The molecule has 100 valence electrons. The summed E-state index contributed by atoms with van der Waals surface area (Å²) in [7, 11) is 0. The first-order chi connectivity index (χ1) is 7.65. The number of nitrogens with zero attached hydrogens (tertiary/aromatic N) is 1. The predicted octanol–water partition coefficient (Wildman–Crippen LogP) is 2.13. The van der Waals surface area contributed by atoms with Gasteiger partial charge in [0.05, 0.1) is 0 Å². The molecule has 17 heavy (non-hydrogen) atoms. The Kier molecular flexibility index (Phi) is 5.99. The van der Waals surface area contributed by atoms with E-state index in [0.717, 1.165) is 0 Å². The molecule has 0 aliphatic heterocycles. The Morgan fingerprint density at radius 3 is 2.24 bits per heavy atom. The highest BCUT2D eigenvalue weighted by atomic mass is 16.6. The van der Waals surface area contributed by atoms with E-state index in [1.807, 2.05) is 34.6 Å². The molecule has 0 rings (SSSR count). The van der Waals surface area contributed by atoms with Crippen LogP contribution in [0.5, 0.6) is 0 Å². The maximum Gasteiger partial charge on any atom is 0.306 e. The number of esters is 1. The maximum atomic E-state index is 11.7. The Labute approximate surface area is 103 Å². The topological polar surface area (TPSA) is 84.9 Å². The number of carbonyl (C=O) groups excluding carboxylic acids is 1. The van der Waals surface area contributed by atoms with Crippen LogP contribution in [0, 0.1) is 11.8 Å². The zero-order chi connectivity index (χ0) is 13.6. The van der Waals surface area contributed by atoms with Gasteiger partial charge in [0.25, 0.3) is 0 Å². The molecule has 0 aromatic rings. The summed E-state index contributed by atoms with van der Waals surface area (Å²) in [6, 6.07) is 0. The number of ether oxygens (including phenoxy) is 1. The first-order valence-corrected chi connectivity index (χ1v) is 5.84. The summed E-state index contributed by atoms with van der Waals surface area (Å²) in [5.41, 5.74) is 4.99. The van der Waals surface area contributed by atoms with Gasteiger partial charge in [0.15, 0.2) is 0 Å². The van der Waals surface area contributed by atoms with E-state index in [1.165, 1.54) is 0 Å². The molecule has 0 saturated carbocycles. The molecule has 1 atom stereocenters. The second-order valence-corrected chi connectivity index (χ2v) is 5.59. The van der Waals surface area contributed by atoms with Gasteiger partial charge in [0.2, 0.25) is 0 Å². The van der Waals surface area contributed by atoms with E-state index in [1.54, 1.807) is 0 Å². The molecule has 0 spiro atoms. The number of nitrogens with two attached hydrogens (primary N) is 1. The fourth-order valence-corrected chi connectivity index (χ4v) is 1.45. The van der Waals surface area contributed by atoms with Gasteiger partial charge >= 0.3 is 5.97 Å². The number of carbonyl (C=O) groups is 1. The van der Waals surface area contributed by atoms with Crippen LogP contribution in [-0.4, -0.2) is 22.6 Å². The molecule has 0 heterocycles. The molecule has 0 fully saturated rings. The lowest BCUT2D eigenvalue weighted by molar-refractivity contribution is -0.156. The lowest BCUT2D eigenvalue weighted by Gasteiger charge is -2.23. The maximum absolute atomic E-state index is 11.7. The lowest BCUT2D eigenvalue weighted by atomic mass is 9.89. The summed E-state index contributed by atoms with van der Waals surface area (Å²) in [5.74, 6) is 0.192. The summed E-state index contributed by atoms with van der Waals surface area (Å²) >= 11 is 0. The normalized spacial score (nSPS) is 14.8. The smallest absolute Gasteiger partial charge is 0.306 e. The van der Waals surface area contributed by atoms with Crippen molar-refractivity contribution in [2.45, 2.75) is 53.1 Å². The van der Waals surface area contributed by atoms with Gasteiger partial charge in [-0.1, -0.05) is 19.0 Å². The Bertz CT molecular complexity index is 280. The molecule has 5 heteroatoms. The molecule has 3 N–H and O–H groups in total. The van der Waals surface area contributed by atoms with Crippen LogP contribution in [0.1, 0.15) is 47.5 Å². The first kappa shape index (κ1) is 15.7. The predicted molar refractivity (Wildman–Crippen MR) is 66.8 cm³/mol. The SMILES string of the molecule is CC(C)[C@@H](CC(=O)OC(C)(C)C)CC(N)=NO. The molecule has 0 aromatic heterocycles. The van der Waals surface area contributed by atoms with Crippen molar-refractivity contribution in [2.75, 3.05) is 0 Å². The number of oxime groups is 1. The van der Waals surface area contributed by atoms with E-state index in [0.29, 0.717) is 6.42 Å². The minimum absolute atomic E-state index is 0.0285. The van der Waals surface area contributed by atoms with Gasteiger partial charge in [-0.25, -0.2) is 0 Å². The minimum atomic E-state index is -0.477. The van der Waals surface area contributed by atoms with Crippen LogP contribution in [0.3, 0.4) is 0 Å². The molecule has 0 aliphatic carbocycles. The van der Waals surface area contributed by atoms with Crippen LogP contribution in [-0.2, 0) is 9.53 Å². The fourth-order valence-electron chi connectivity index (χ4n) is 1.45. The van der Waals surface area contributed by atoms with Gasteiger partial charge < -0.3 is 15.7 Å². The molecule has 0 unspecified atom stereocenters. The zero-order valence-corrected chi connectivity index (χ0v) is 11.4. The molecule has 0 aromatic carbocycles. The summed E-state index contributed by atoms with van der Waals surface area (Å²) in [6.07, 6.45) is 0.679. The second kappa shape index (κ2) is 6.47. The van der Waals surface area contributed by atoms with Gasteiger partial charge in [-0.15, -0.1) is 0 Å². The Morgan fingerprint density at radius 1 is 1.35 bits per heavy atom. The van der Waals surface area contributed by atoms with E-state index in [4.69, 9.17) is 15.7 Å². The van der Waals surface area contributed by atoms with Gasteiger partial charge in [0.1, 0.15) is 11.4 Å². The lowest BCUT2D eigenvalue weighted by Crippen LogP contribution is -2.28. The van der Waals surface area contributed by atoms with Crippen LogP contribution in [0.2, 0.25) is 0 Å². The average molecular weight is 244 g/mol. The van der Waals surface area contributed by atoms with Crippen molar-refractivity contribution in [1.29, 1.82) is 0 Å². The third-order valence-corrected chi connectivity index (χ3v) is 2.39. The summed E-state index contributed by atoms with van der Waals surface area (Å²) in [4.78, 5) is 11.7. The number of rotatable bonds is 5. The fraction of sp³-hybridized carbons (Fsp3) is 0.833. The molecule has 0 bridgehead atoms. The minimum Gasteiger partial charge on any atom is -0.460 e. The van der Waals surface area contributed by atoms with Crippen LogP contribution >= 0.6 is 0 Å². The van der Waals surface area contributed by atoms with Crippen LogP contribution < -0.4 is 5.73 Å². The zero-order valence-electron chi connectivity index (χ0n) is 11.4. The number of hydrogen-bond acceptors (Lipinski definition) is 4. The van der Waals surface area contributed by atoms with Crippen molar-refractivity contribution in [3.8, 4) is 0 Å². The van der Waals surface area contributed by atoms with Crippen LogP contribution in [0.15, 0.2) is 5.16 Å². The molecule has 0 aliphatic rings. The van der Waals surface area contributed by atoms with Gasteiger partial charge in [-0.3, -0.25) is 4.79 Å². The third-order valence-electron chi connectivity index (χ3n) is 2.39. The Morgan fingerprint density at radius 2 is 1.88 bits per heavy atom. The van der Waals surface area contributed by atoms with Crippen LogP contribution in [0.25, 0.3) is 0 Å². The summed E-state index contributed by atoms with van der Waals surface area (Å²) in [6.45, 7) is 9.50. The van der Waals surface area contributed by atoms with Crippen molar-refractivity contribution >= 4 is 11.8 Å². The Hall–Kier alpha value is -1.26.